The first-order valence-corrected chi connectivity index (χ1v) is 10.1. The van der Waals surface area contributed by atoms with E-state index in [2.05, 4.69) is 6.20 Å². The van der Waals surface area contributed by atoms with Crippen LogP contribution in [0.15, 0.2) is 36.5 Å². The maximum atomic E-state index is 12.6. The summed E-state index contributed by atoms with van der Waals surface area (Å²) >= 11 is 0. The fraction of sp³-hybridized carbons (Fsp3) is 0.476. The molecule has 2 saturated heterocycles. The van der Waals surface area contributed by atoms with Gasteiger partial charge in [-0.2, -0.15) is 5.10 Å². The van der Waals surface area contributed by atoms with Crippen molar-refractivity contribution in [2.45, 2.75) is 24.9 Å². The molecule has 152 valence electrons. The van der Waals surface area contributed by atoms with Crippen LogP contribution in [0.4, 0.5) is 4.79 Å². The van der Waals surface area contributed by atoms with Gasteiger partial charge in [-0.25, -0.2) is 9.48 Å². The van der Waals surface area contributed by atoms with Gasteiger partial charge in [0.15, 0.2) is 0 Å². The molecule has 0 saturated carbocycles. The van der Waals surface area contributed by atoms with Crippen molar-refractivity contribution in [1.82, 2.24) is 19.6 Å². The highest BCUT2D eigenvalue weighted by Crippen LogP contribution is 2.41. The van der Waals surface area contributed by atoms with Crippen molar-refractivity contribution < 1.29 is 19.1 Å². The van der Waals surface area contributed by atoms with Crippen LogP contribution in [-0.2, 0) is 26.3 Å². The first kappa shape index (κ1) is 18.2. The van der Waals surface area contributed by atoms with Crippen LogP contribution in [-0.4, -0.2) is 71.0 Å². The topological polar surface area (TPSA) is 76.9 Å². The van der Waals surface area contributed by atoms with Gasteiger partial charge in [0.25, 0.3) is 0 Å². The van der Waals surface area contributed by atoms with Crippen LogP contribution in [0.5, 0.6) is 0 Å². The summed E-state index contributed by atoms with van der Waals surface area (Å²) in [6, 6.07) is 10.1. The van der Waals surface area contributed by atoms with Crippen molar-refractivity contribution in [2.24, 2.45) is 0 Å². The van der Waals surface area contributed by atoms with Gasteiger partial charge in [0.1, 0.15) is 18.8 Å². The fourth-order valence-corrected chi connectivity index (χ4v) is 4.45. The molecule has 29 heavy (non-hydrogen) atoms. The third kappa shape index (κ3) is 3.27. The van der Waals surface area contributed by atoms with E-state index in [9.17, 15) is 9.59 Å². The second-order valence-electron chi connectivity index (χ2n) is 7.79. The number of nitrogens with zero attached hydrogens (tertiary/aromatic N) is 4. The first-order valence-electron chi connectivity index (χ1n) is 10.1. The highest BCUT2D eigenvalue weighted by molar-refractivity contribution is 5.83. The number of carbonyl (C=O) groups is 2. The summed E-state index contributed by atoms with van der Waals surface area (Å²) in [5, 5.41) is 4.88. The Bertz CT molecular complexity index is 918. The minimum Gasteiger partial charge on any atom is -0.448 e. The fourth-order valence-electron chi connectivity index (χ4n) is 4.45. The number of rotatable bonds is 3. The number of piperidine rings is 1. The molecule has 0 N–H and O–H groups in total. The maximum Gasteiger partial charge on any atom is 0.410 e. The molecular formula is C21H24N4O4. The Kier molecular flexibility index (Phi) is 4.50. The van der Waals surface area contributed by atoms with E-state index in [0.717, 1.165) is 17.8 Å². The molecule has 0 atom stereocenters. The van der Waals surface area contributed by atoms with Crippen LogP contribution in [0.2, 0.25) is 0 Å². The van der Waals surface area contributed by atoms with E-state index >= 15 is 0 Å². The van der Waals surface area contributed by atoms with Gasteiger partial charge in [-0.05, 0) is 37.0 Å². The van der Waals surface area contributed by atoms with Crippen molar-refractivity contribution in [2.75, 3.05) is 39.4 Å². The Hall–Kier alpha value is -2.87. The molecule has 0 bridgehead atoms. The number of aromatic nitrogens is 2. The molecule has 0 aliphatic carbocycles. The average molecular weight is 396 g/mol. The standard InChI is InChI=1S/C21H24N4O4/c26-18(15-24-11-13-28-20(24)27)23-9-7-21(8-10-23)19-16(6-12-29-21)14-25(22-19)17-4-2-1-3-5-17/h1-5,14H,6-13,15H2. The lowest BCUT2D eigenvalue weighted by Crippen LogP contribution is -2.50. The number of hydrogen-bond acceptors (Lipinski definition) is 5. The molecule has 2 aromatic rings. The maximum absolute atomic E-state index is 12.6. The summed E-state index contributed by atoms with van der Waals surface area (Å²) in [7, 11) is 0. The van der Waals surface area contributed by atoms with Crippen molar-refractivity contribution >= 4 is 12.0 Å². The second-order valence-corrected chi connectivity index (χ2v) is 7.79. The molecule has 1 spiro atoms. The molecule has 8 heteroatoms. The molecule has 3 aliphatic rings. The summed E-state index contributed by atoms with van der Waals surface area (Å²) in [6.07, 6.45) is 3.97. The molecule has 5 rings (SSSR count). The number of likely N-dealkylation sites (tertiary alicyclic amines) is 1. The summed E-state index contributed by atoms with van der Waals surface area (Å²) in [5.74, 6) is -0.0375. The average Bonchev–Trinajstić information content (AvgIpc) is 3.37. The van der Waals surface area contributed by atoms with E-state index in [0.29, 0.717) is 45.7 Å². The molecule has 8 nitrogen and oxygen atoms in total. The molecule has 0 unspecified atom stereocenters. The highest BCUT2D eigenvalue weighted by atomic mass is 16.6. The normalized spacial score (nSPS) is 20.6. The molecule has 3 aliphatic heterocycles. The number of ether oxygens (including phenoxy) is 2. The molecule has 2 amide bonds. The second kappa shape index (κ2) is 7.18. The minimum atomic E-state index is -0.434. The summed E-state index contributed by atoms with van der Waals surface area (Å²) in [4.78, 5) is 27.5. The van der Waals surface area contributed by atoms with Gasteiger partial charge < -0.3 is 14.4 Å². The third-order valence-electron chi connectivity index (χ3n) is 6.09. The van der Waals surface area contributed by atoms with Gasteiger partial charge in [-0.1, -0.05) is 18.2 Å². The van der Waals surface area contributed by atoms with Crippen LogP contribution in [0, 0.1) is 0 Å². The van der Waals surface area contributed by atoms with E-state index in [-0.39, 0.29) is 12.5 Å². The lowest BCUT2D eigenvalue weighted by molar-refractivity contribution is -0.141. The Morgan fingerprint density at radius 3 is 2.62 bits per heavy atom. The lowest BCUT2D eigenvalue weighted by Gasteiger charge is -2.43. The van der Waals surface area contributed by atoms with Crippen LogP contribution >= 0.6 is 0 Å². The SMILES string of the molecule is O=C(CN1CCOC1=O)N1CCC2(CC1)OCCc1cn(-c3ccccc3)nc12. The number of hydrogen-bond donors (Lipinski definition) is 0. The quantitative estimate of drug-likeness (QED) is 0.790. The van der Waals surface area contributed by atoms with Crippen molar-refractivity contribution in [3.05, 3.63) is 47.8 Å². The minimum absolute atomic E-state index is 0.0375. The van der Waals surface area contributed by atoms with Crippen molar-refractivity contribution in [3.8, 4) is 5.69 Å². The highest BCUT2D eigenvalue weighted by Gasteiger charge is 2.44. The smallest absolute Gasteiger partial charge is 0.410 e. The van der Waals surface area contributed by atoms with Gasteiger partial charge in [-0.3, -0.25) is 9.69 Å². The Morgan fingerprint density at radius 1 is 1.10 bits per heavy atom. The summed E-state index contributed by atoms with van der Waals surface area (Å²) < 4.78 is 13.1. The van der Waals surface area contributed by atoms with Crippen molar-refractivity contribution in [3.63, 3.8) is 0 Å². The van der Waals surface area contributed by atoms with E-state index < -0.39 is 11.7 Å². The summed E-state index contributed by atoms with van der Waals surface area (Å²) in [6.45, 7) is 2.78. The number of fused-ring (bicyclic) bond motifs is 2. The predicted octanol–water partition coefficient (Wildman–Crippen LogP) is 1.71. The monoisotopic (exact) mass is 396 g/mol. The number of cyclic esters (lactones) is 1. The number of carbonyl (C=O) groups excluding carboxylic acids is 2. The number of amides is 2. The van der Waals surface area contributed by atoms with E-state index in [1.54, 1.807) is 0 Å². The predicted molar refractivity (Wildman–Crippen MR) is 104 cm³/mol. The van der Waals surface area contributed by atoms with Gasteiger partial charge >= 0.3 is 6.09 Å². The van der Waals surface area contributed by atoms with E-state index in [4.69, 9.17) is 14.6 Å². The Balaban J connectivity index is 1.30. The van der Waals surface area contributed by atoms with E-state index in [1.165, 1.54) is 10.5 Å². The largest absolute Gasteiger partial charge is 0.448 e. The summed E-state index contributed by atoms with van der Waals surface area (Å²) in [5.41, 5.74) is 2.82. The zero-order valence-corrected chi connectivity index (χ0v) is 16.2. The molecule has 2 fully saturated rings. The van der Waals surface area contributed by atoms with Crippen LogP contribution in [0.3, 0.4) is 0 Å². The first-order chi connectivity index (χ1) is 14.1. The molecular weight excluding hydrogens is 372 g/mol. The Morgan fingerprint density at radius 2 is 1.90 bits per heavy atom. The zero-order valence-electron chi connectivity index (χ0n) is 16.2. The molecule has 1 aromatic heterocycles. The zero-order chi connectivity index (χ0) is 19.8. The van der Waals surface area contributed by atoms with Crippen LogP contribution < -0.4 is 0 Å². The van der Waals surface area contributed by atoms with Crippen LogP contribution in [0.1, 0.15) is 24.1 Å². The van der Waals surface area contributed by atoms with E-state index in [1.807, 2.05) is 39.9 Å². The molecule has 4 heterocycles. The Labute approximate surface area is 169 Å². The van der Waals surface area contributed by atoms with Gasteiger partial charge in [0.05, 0.1) is 24.5 Å². The number of para-hydroxylation sites is 1. The third-order valence-corrected chi connectivity index (χ3v) is 6.09. The van der Waals surface area contributed by atoms with Gasteiger partial charge in [-0.15, -0.1) is 0 Å². The van der Waals surface area contributed by atoms with Gasteiger partial charge in [0, 0.05) is 19.3 Å². The number of benzene rings is 1. The van der Waals surface area contributed by atoms with Gasteiger partial charge in [0.2, 0.25) is 5.91 Å². The lowest BCUT2D eigenvalue weighted by atomic mass is 9.84. The molecule has 1 aromatic carbocycles. The van der Waals surface area contributed by atoms with Crippen molar-refractivity contribution in [1.29, 1.82) is 0 Å². The molecule has 0 radical (unpaired) electrons. The van der Waals surface area contributed by atoms with Crippen LogP contribution in [0.25, 0.3) is 5.69 Å².